The fourth-order valence-corrected chi connectivity index (χ4v) is 3.18. The number of amides is 1. The predicted octanol–water partition coefficient (Wildman–Crippen LogP) is 2.44. The second-order valence-electron chi connectivity index (χ2n) is 5.69. The molecular weight excluding hydrogens is 371 g/mol. The van der Waals surface area contributed by atoms with Gasteiger partial charge < -0.3 is 9.64 Å². The lowest BCUT2D eigenvalue weighted by Crippen LogP contribution is -2.31. The van der Waals surface area contributed by atoms with Crippen molar-refractivity contribution in [2.24, 2.45) is 0 Å². The van der Waals surface area contributed by atoms with Crippen LogP contribution in [0.4, 0.5) is 4.39 Å². The molecule has 1 N–H and O–H groups in total. The number of carbonyl (C=O) groups is 1. The third-order valence-corrected chi connectivity index (χ3v) is 5.12. The number of hydrogen-bond donors (Lipinski definition) is 1. The molecule has 0 fully saturated rings. The Morgan fingerprint density at radius 2 is 1.81 bits per heavy atom. The van der Waals surface area contributed by atoms with Gasteiger partial charge in [0.25, 0.3) is 5.91 Å². The summed E-state index contributed by atoms with van der Waals surface area (Å²) in [5.41, 5.74) is 0.363. The highest BCUT2D eigenvalue weighted by atomic mass is 32.2. The number of ether oxygens (including phenoxy) is 1. The van der Waals surface area contributed by atoms with Crippen LogP contribution >= 0.6 is 0 Å². The fraction of sp³-hybridized carbons (Fsp3) is 0.211. The van der Waals surface area contributed by atoms with Crippen molar-refractivity contribution in [3.63, 3.8) is 0 Å². The van der Waals surface area contributed by atoms with Crippen molar-refractivity contribution in [3.8, 4) is 5.75 Å². The van der Waals surface area contributed by atoms with Crippen molar-refractivity contribution in [1.82, 2.24) is 9.62 Å². The maximum atomic E-state index is 12.8. The van der Waals surface area contributed by atoms with E-state index in [1.165, 1.54) is 59.5 Å². The zero-order valence-electron chi connectivity index (χ0n) is 14.9. The number of carbonyl (C=O) groups excluding carboxylic acids is 1. The first-order chi connectivity index (χ1) is 12.8. The van der Waals surface area contributed by atoms with Crippen molar-refractivity contribution in [3.05, 3.63) is 72.6 Å². The molecule has 0 aliphatic rings. The zero-order valence-corrected chi connectivity index (χ0v) is 15.7. The van der Waals surface area contributed by atoms with Gasteiger partial charge in [0.2, 0.25) is 10.0 Å². The molecule has 27 heavy (non-hydrogen) atoms. The number of halogens is 1. The number of likely N-dealkylation sites (N-methyl/N-ethyl adjacent to an activating group) is 1. The Morgan fingerprint density at radius 3 is 2.41 bits per heavy atom. The molecule has 6 nitrogen and oxygen atoms in total. The fourth-order valence-electron chi connectivity index (χ4n) is 2.18. The largest absolute Gasteiger partial charge is 0.492 e. The van der Waals surface area contributed by atoms with E-state index in [0.29, 0.717) is 17.9 Å². The summed E-state index contributed by atoms with van der Waals surface area (Å²) in [6.07, 6.45) is 1.44. The number of nitrogens with one attached hydrogen (secondary N) is 1. The Bertz CT molecular complexity index is 881. The van der Waals surface area contributed by atoms with Crippen LogP contribution in [0.2, 0.25) is 0 Å². The molecule has 0 aliphatic heterocycles. The van der Waals surface area contributed by atoms with Gasteiger partial charge in [-0.05, 0) is 48.5 Å². The Hall–Kier alpha value is -2.71. The first-order valence-electron chi connectivity index (χ1n) is 8.18. The molecule has 1 amide bonds. The molecule has 2 aromatic rings. The van der Waals surface area contributed by atoms with Crippen molar-refractivity contribution in [2.45, 2.75) is 4.90 Å². The van der Waals surface area contributed by atoms with Crippen LogP contribution in [0, 0.1) is 5.82 Å². The minimum absolute atomic E-state index is 0.0724. The summed E-state index contributed by atoms with van der Waals surface area (Å²) in [5, 5.41) is 0. The van der Waals surface area contributed by atoms with Crippen molar-refractivity contribution in [1.29, 1.82) is 0 Å². The van der Waals surface area contributed by atoms with Gasteiger partial charge in [-0.15, -0.1) is 6.58 Å². The van der Waals surface area contributed by atoms with E-state index in [-0.39, 0.29) is 29.8 Å². The summed E-state index contributed by atoms with van der Waals surface area (Å²) < 4.78 is 44.7. The van der Waals surface area contributed by atoms with E-state index in [9.17, 15) is 17.6 Å². The van der Waals surface area contributed by atoms with E-state index in [0.717, 1.165) is 0 Å². The summed E-state index contributed by atoms with van der Waals surface area (Å²) in [6, 6.07) is 11.3. The predicted molar refractivity (Wildman–Crippen MR) is 101 cm³/mol. The van der Waals surface area contributed by atoms with Crippen molar-refractivity contribution < 1.29 is 22.3 Å². The summed E-state index contributed by atoms with van der Waals surface area (Å²) in [7, 11) is -2.01. The molecule has 8 heteroatoms. The van der Waals surface area contributed by atoms with E-state index in [1.807, 2.05) is 0 Å². The van der Waals surface area contributed by atoms with E-state index in [1.54, 1.807) is 7.05 Å². The molecule has 144 valence electrons. The number of hydrogen-bond acceptors (Lipinski definition) is 4. The first-order valence-corrected chi connectivity index (χ1v) is 9.66. The van der Waals surface area contributed by atoms with Gasteiger partial charge in [-0.2, -0.15) is 0 Å². The van der Waals surface area contributed by atoms with Gasteiger partial charge in [-0.1, -0.05) is 6.08 Å². The third kappa shape index (κ3) is 5.90. The highest BCUT2D eigenvalue weighted by Gasteiger charge is 2.16. The maximum Gasteiger partial charge on any atom is 0.253 e. The van der Waals surface area contributed by atoms with E-state index in [4.69, 9.17) is 4.74 Å². The molecule has 0 saturated heterocycles. The van der Waals surface area contributed by atoms with Crippen molar-refractivity contribution >= 4 is 15.9 Å². The number of nitrogens with zero attached hydrogens (tertiary/aromatic N) is 1. The SMILES string of the molecule is C=CCNS(=O)(=O)c1ccc(C(=O)N(C)CCOc2ccc(F)cc2)cc1. The van der Waals surface area contributed by atoms with Crippen LogP contribution in [-0.2, 0) is 10.0 Å². The van der Waals surface area contributed by atoms with Gasteiger partial charge in [-0.3, -0.25) is 4.79 Å². The second kappa shape index (κ2) is 9.29. The van der Waals surface area contributed by atoms with Gasteiger partial charge in [0.05, 0.1) is 11.4 Å². The summed E-state index contributed by atoms with van der Waals surface area (Å²) in [5.74, 6) is -0.0978. The van der Waals surface area contributed by atoms with Gasteiger partial charge in [-0.25, -0.2) is 17.5 Å². The molecule has 0 radical (unpaired) electrons. The van der Waals surface area contributed by atoms with Gasteiger partial charge in [0.15, 0.2) is 0 Å². The molecule has 0 bridgehead atoms. The van der Waals surface area contributed by atoms with Crippen LogP contribution in [0.3, 0.4) is 0 Å². The van der Waals surface area contributed by atoms with Gasteiger partial charge in [0.1, 0.15) is 18.2 Å². The lowest BCUT2D eigenvalue weighted by molar-refractivity contribution is 0.0773. The number of sulfonamides is 1. The minimum atomic E-state index is -3.63. The average molecular weight is 392 g/mol. The summed E-state index contributed by atoms with van der Waals surface area (Å²) >= 11 is 0. The van der Waals surface area contributed by atoms with Crippen LogP contribution in [0.25, 0.3) is 0 Å². The summed E-state index contributed by atoms with van der Waals surface area (Å²) in [4.78, 5) is 13.9. The number of benzene rings is 2. The molecule has 0 heterocycles. The van der Waals surface area contributed by atoms with Crippen LogP contribution < -0.4 is 9.46 Å². The highest BCUT2D eigenvalue weighted by molar-refractivity contribution is 7.89. The number of rotatable bonds is 9. The molecule has 0 saturated carbocycles. The molecule has 0 unspecified atom stereocenters. The normalized spacial score (nSPS) is 11.0. The smallest absolute Gasteiger partial charge is 0.253 e. The van der Waals surface area contributed by atoms with E-state index >= 15 is 0 Å². The van der Waals surface area contributed by atoms with Gasteiger partial charge >= 0.3 is 0 Å². The molecule has 0 atom stereocenters. The standard InChI is InChI=1S/C19H21FN2O4S/c1-3-12-21-27(24,25)18-10-4-15(5-11-18)19(23)22(2)13-14-26-17-8-6-16(20)7-9-17/h3-11,21H,1,12-14H2,2H3. The van der Waals surface area contributed by atoms with Crippen LogP contribution in [0.5, 0.6) is 5.75 Å². The molecule has 0 aliphatic carbocycles. The van der Waals surface area contributed by atoms with E-state index in [2.05, 4.69) is 11.3 Å². The van der Waals surface area contributed by atoms with Gasteiger partial charge in [0, 0.05) is 19.2 Å². The molecule has 0 spiro atoms. The maximum absolute atomic E-state index is 12.8. The van der Waals surface area contributed by atoms with E-state index < -0.39 is 10.0 Å². The second-order valence-corrected chi connectivity index (χ2v) is 7.46. The lowest BCUT2D eigenvalue weighted by Gasteiger charge is -2.18. The molecule has 2 aromatic carbocycles. The Morgan fingerprint density at radius 1 is 1.19 bits per heavy atom. The zero-order chi connectivity index (χ0) is 19.9. The van der Waals surface area contributed by atoms with Crippen LogP contribution in [-0.4, -0.2) is 46.0 Å². The lowest BCUT2D eigenvalue weighted by atomic mass is 10.2. The first kappa shape index (κ1) is 20.6. The Labute approximate surface area is 158 Å². The monoisotopic (exact) mass is 392 g/mol. The highest BCUT2D eigenvalue weighted by Crippen LogP contribution is 2.13. The topological polar surface area (TPSA) is 75.7 Å². The third-order valence-electron chi connectivity index (χ3n) is 3.69. The molecule has 2 rings (SSSR count). The minimum Gasteiger partial charge on any atom is -0.492 e. The quantitative estimate of drug-likeness (QED) is 0.665. The average Bonchev–Trinajstić information content (AvgIpc) is 2.67. The Balaban J connectivity index is 1.92. The summed E-state index contributed by atoms with van der Waals surface area (Å²) in [6.45, 7) is 4.14. The molecule has 0 aromatic heterocycles. The van der Waals surface area contributed by atoms with Crippen LogP contribution in [0.1, 0.15) is 10.4 Å². The molecular formula is C19H21FN2O4S. The Kier molecular flexibility index (Phi) is 7.09. The van der Waals surface area contributed by atoms with Crippen LogP contribution in [0.15, 0.2) is 66.1 Å². The van der Waals surface area contributed by atoms with Crippen molar-refractivity contribution in [2.75, 3.05) is 26.7 Å².